The lowest BCUT2D eigenvalue weighted by molar-refractivity contribution is 0.441. The number of rotatable bonds is 4. The minimum Gasteiger partial charge on any atom is -0.396 e. The van der Waals surface area contributed by atoms with Crippen LogP contribution in [0.1, 0.15) is 36.6 Å². The number of nitriles is 1. The van der Waals surface area contributed by atoms with Crippen molar-refractivity contribution in [2.24, 2.45) is 0 Å². The van der Waals surface area contributed by atoms with Crippen molar-refractivity contribution in [3.8, 4) is 6.07 Å². The molecule has 6 heteroatoms. The van der Waals surface area contributed by atoms with Crippen LogP contribution < -0.4 is 16.0 Å². The SMILES string of the molecule is CCCc1cc(N2CCC(NC)CC2)nc2sc(C#N)c(N)c12. The molecule has 0 unspecified atom stereocenters. The molecule has 5 nitrogen and oxygen atoms in total. The quantitative estimate of drug-likeness (QED) is 0.902. The molecule has 0 aromatic carbocycles. The molecule has 2 aromatic rings. The van der Waals surface area contributed by atoms with Crippen molar-refractivity contribution in [3.63, 3.8) is 0 Å². The van der Waals surface area contributed by atoms with Crippen LogP contribution in [0.4, 0.5) is 11.5 Å². The number of nitrogens with zero attached hydrogens (tertiary/aromatic N) is 3. The maximum absolute atomic E-state index is 9.25. The van der Waals surface area contributed by atoms with Gasteiger partial charge in [-0.3, -0.25) is 0 Å². The molecule has 3 heterocycles. The molecule has 0 atom stereocenters. The van der Waals surface area contributed by atoms with Crippen LogP contribution in [0.25, 0.3) is 10.2 Å². The number of nitrogens with two attached hydrogens (primary N) is 1. The standard InChI is InChI=1S/C17H23N5S/c1-3-4-11-9-14(22-7-5-12(20-2)6-8-22)21-17-15(11)16(19)13(10-18)23-17/h9,12,20H,3-8,19H2,1-2H3. The van der Waals surface area contributed by atoms with Crippen molar-refractivity contribution in [1.29, 1.82) is 5.26 Å². The summed E-state index contributed by atoms with van der Waals surface area (Å²) in [6.45, 7) is 4.20. The third kappa shape index (κ3) is 2.99. The van der Waals surface area contributed by atoms with E-state index < -0.39 is 0 Å². The first-order valence-electron chi connectivity index (χ1n) is 8.22. The van der Waals surface area contributed by atoms with Gasteiger partial charge in [-0.15, -0.1) is 11.3 Å². The van der Waals surface area contributed by atoms with E-state index in [0.717, 1.165) is 54.8 Å². The highest BCUT2D eigenvalue weighted by molar-refractivity contribution is 7.19. The topological polar surface area (TPSA) is 78.0 Å². The molecule has 3 rings (SSSR count). The summed E-state index contributed by atoms with van der Waals surface area (Å²) in [5.41, 5.74) is 7.99. The van der Waals surface area contributed by atoms with E-state index in [1.165, 1.54) is 16.9 Å². The minimum atomic E-state index is 0.580. The fourth-order valence-corrected chi connectivity index (χ4v) is 4.23. The van der Waals surface area contributed by atoms with Gasteiger partial charge in [0.25, 0.3) is 0 Å². The summed E-state index contributed by atoms with van der Waals surface area (Å²) in [5, 5.41) is 13.6. The zero-order valence-corrected chi connectivity index (χ0v) is 14.5. The molecule has 122 valence electrons. The highest BCUT2D eigenvalue weighted by Crippen LogP contribution is 2.37. The number of thiophene rings is 1. The molecule has 0 bridgehead atoms. The van der Waals surface area contributed by atoms with Crippen molar-refractivity contribution in [1.82, 2.24) is 10.3 Å². The first kappa shape index (κ1) is 16.0. The van der Waals surface area contributed by atoms with Gasteiger partial charge >= 0.3 is 0 Å². The maximum Gasteiger partial charge on any atom is 0.130 e. The highest BCUT2D eigenvalue weighted by Gasteiger charge is 2.21. The smallest absolute Gasteiger partial charge is 0.130 e. The Kier molecular flexibility index (Phi) is 4.69. The lowest BCUT2D eigenvalue weighted by Crippen LogP contribution is -2.41. The van der Waals surface area contributed by atoms with Crippen LogP contribution >= 0.6 is 11.3 Å². The summed E-state index contributed by atoms with van der Waals surface area (Å²) >= 11 is 1.41. The van der Waals surface area contributed by atoms with Gasteiger partial charge in [-0.2, -0.15) is 5.26 Å². The van der Waals surface area contributed by atoms with Gasteiger partial charge in [0.1, 0.15) is 21.6 Å². The number of nitrogens with one attached hydrogen (secondary N) is 1. The Hall–Kier alpha value is -1.84. The summed E-state index contributed by atoms with van der Waals surface area (Å²) in [6.07, 6.45) is 4.28. The van der Waals surface area contributed by atoms with Crippen molar-refractivity contribution >= 4 is 33.1 Å². The van der Waals surface area contributed by atoms with E-state index >= 15 is 0 Å². The molecule has 0 saturated carbocycles. The summed E-state index contributed by atoms with van der Waals surface area (Å²) in [6, 6.07) is 4.98. The first-order chi connectivity index (χ1) is 11.2. The summed E-state index contributed by atoms with van der Waals surface area (Å²) in [7, 11) is 2.03. The van der Waals surface area contributed by atoms with Gasteiger partial charge in [0.05, 0.1) is 5.69 Å². The van der Waals surface area contributed by atoms with E-state index in [1.807, 2.05) is 7.05 Å². The molecule has 2 aromatic heterocycles. The van der Waals surface area contributed by atoms with Gasteiger partial charge < -0.3 is 16.0 Å². The second kappa shape index (κ2) is 6.73. The molecule has 0 aliphatic carbocycles. The lowest BCUT2D eigenvalue weighted by Gasteiger charge is -2.32. The molecule has 1 saturated heterocycles. The molecule has 1 fully saturated rings. The van der Waals surface area contributed by atoms with E-state index in [9.17, 15) is 5.26 Å². The second-order valence-corrected chi connectivity index (χ2v) is 7.08. The zero-order chi connectivity index (χ0) is 16.4. The number of anilines is 2. The molecule has 1 aliphatic heterocycles. The molecular weight excluding hydrogens is 306 g/mol. The fourth-order valence-electron chi connectivity index (χ4n) is 3.29. The lowest BCUT2D eigenvalue weighted by atomic mass is 10.0. The average Bonchev–Trinajstić information content (AvgIpc) is 2.91. The van der Waals surface area contributed by atoms with Crippen molar-refractivity contribution in [2.45, 2.75) is 38.6 Å². The number of aryl methyl sites for hydroxylation is 1. The van der Waals surface area contributed by atoms with Crippen LogP contribution in [-0.2, 0) is 6.42 Å². The third-order valence-electron chi connectivity index (χ3n) is 4.62. The van der Waals surface area contributed by atoms with Crippen molar-refractivity contribution < 1.29 is 0 Å². The monoisotopic (exact) mass is 329 g/mol. The maximum atomic E-state index is 9.25. The van der Waals surface area contributed by atoms with Crippen LogP contribution in [0.15, 0.2) is 6.07 Å². The van der Waals surface area contributed by atoms with Gasteiger partial charge in [0, 0.05) is 24.5 Å². The number of aromatic nitrogens is 1. The molecule has 0 spiro atoms. The second-order valence-electron chi connectivity index (χ2n) is 6.08. The van der Waals surface area contributed by atoms with E-state index in [0.29, 0.717) is 16.6 Å². The molecule has 3 N–H and O–H groups in total. The Morgan fingerprint density at radius 2 is 2.22 bits per heavy atom. The Labute approximate surface area is 141 Å². The van der Waals surface area contributed by atoms with Gasteiger partial charge in [-0.05, 0) is 37.9 Å². The Balaban J connectivity index is 2.00. The first-order valence-corrected chi connectivity index (χ1v) is 9.03. The summed E-state index contributed by atoms with van der Waals surface area (Å²) in [4.78, 5) is 8.65. The number of piperidine rings is 1. The van der Waals surface area contributed by atoms with E-state index in [-0.39, 0.29) is 0 Å². The van der Waals surface area contributed by atoms with Gasteiger partial charge in [-0.1, -0.05) is 13.3 Å². The van der Waals surface area contributed by atoms with Crippen LogP contribution in [0.2, 0.25) is 0 Å². The Bertz CT molecular complexity index is 738. The van der Waals surface area contributed by atoms with Crippen LogP contribution in [-0.4, -0.2) is 31.2 Å². The molecule has 23 heavy (non-hydrogen) atoms. The van der Waals surface area contributed by atoms with Gasteiger partial charge in [0.15, 0.2) is 0 Å². The Morgan fingerprint density at radius 3 is 2.83 bits per heavy atom. The number of fused-ring (bicyclic) bond motifs is 1. The van der Waals surface area contributed by atoms with Gasteiger partial charge in [0.2, 0.25) is 0 Å². The van der Waals surface area contributed by atoms with E-state index in [2.05, 4.69) is 29.3 Å². The largest absolute Gasteiger partial charge is 0.396 e. The van der Waals surface area contributed by atoms with E-state index in [4.69, 9.17) is 10.7 Å². The fraction of sp³-hybridized carbons (Fsp3) is 0.529. The third-order valence-corrected chi connectivity index (χ3v) is 5.62. The van der Waals surface area contributed by atoms with Gasteiger partial charge in [-0.25, -0.2) is 4.98 Å². The summed E-state index contributed by atoms with van der Waals surface area (Å²) < 4.78 is 0. The zero-order valence-electron chi connectivity index (χ0n) is 13.7. The number of hydrogen-bond donors (Lipinski definition) is 2. The highest BCUT2D eigenvalue weighted by atomic mass is 32.1. The van der Waals surface area contributed by atoms with Crippen LogP contribution in [0, 0.1) is 11.3 Å². The molecule has 0 amide bonds. The number of nitrogen functional groups attached to an aromatic ring is 1. The Morgan fingerprint density at radius 1 is 1.48 bits per heavy atom. The number of hydrogen-bond acceptors (Lipinski definition) is 6. The molecule has 0 radical (unpaired) electrons. The average molecular weight is 329 g/mol. The molecule has 1 aliphatic rings. The van der Waals surface area contributed by atoms with Crippen molar-refractivity contribution in [3.05, 3.63) is 16.5 Å². The minimum absolute atomic E-state index is 0.580. The van der Waals surface area contributed by atoms with E-state index in [1.54, 1.807) is 0 Å². The van der Waals surface area contributed by atoms with Crippen molar-refractivity contribution in [2.75, 3.05) is 30.8 Å². The summed E-state index contributed by atoms with van der Waals surface area (Å²) in [5.74, 6) is 1.03. The molecular formula is C17H23N5S. The van der Waals surface area contributed by atoms with Crippen LogP contribution in [0.3, 0.4) is 0 Å². The number of pyridine rings is 1. The normalized spacial score (nSPS) is 16.0. The predicted octanol–water partition coefficient (Wildman–Crippen LogP) is 2.89. The predicted molar refractivity (Wildman–Crippen MR) is 97.0 cm³/mol. The van der Waals surface area contributed by atoms with Crippen LogP contribution in [0.5, 0.6) is 0 Å².